The Morgan fingerprint density at radius 3 is 2.21 bits per heavy atom. The van der Waals surface area contributed by atoms with Gasteiger partial charge in [-0.3, -0.25) is 4.79 Å². The van der Waals surface area contributed by atoms with Crippen LogP contribution in [0.1, 0.15) is 16.7 Å². The van der Waals surface area contributed by atoms with Crippen LogP contribution < -0.4 is 4.74 Å². The summed E-state index contributed by atoms with van der Waals surface area (Å²) in [4.78, 5) is 12.2. The molecule has 0 fully saturated rings. The molecule has 24 heavy (non-hydrogen) atoms. The lowest BCUT2D eigenvalue weighted by Crippen LogP contribution is -2.34. The second-order valence-electron chi connectivity index (χ2n) is 5.79. The van der Waals surface area contributed by atoms with Crippen LogP contribution in [0.5, 0.6) is 5.75 Å². The smallest absolute Gasteiger partial charge is 0.326 e. The van der Waals surface area contributed by atoms with Gasteiger partial charge >= 0.3 is 5.97 Å². The van der Waals surface area contributed by atoms with Gasteiger partial charge in [-0.05, 0) is 56.2 Å². The maximum absolute atomic E-state index is 12.4. The molecule has 0 bridgehead atoms. The Morgan fingerprint density at radius 1 is 1.00 bits per heavy atom. The maximum Gasteiger partial charge on any atom is 0.326 e. The van der Waals surface area contributed by atoms with Crippen molar-refractivity contribution in [2.24, 2.45) is 0 Å². The fourth-order valence-electron chi connectivity index (χ4n) is 2.10. The van der Waals surface area contributed by atoms with Crippen molar-refractivity contribution >= 4 is 16.0 Å². The van der Waals surface area contributed by atoms with E-state index in [9.17, 15) is 13.2 Å². The van der Waals surface area contributed by atoms with Gasteiger partial charge < -0.3 is 4.74 Å². The fraction of sp³-hybridized carbons (Fsp3) is 0.278. The number of likely N-dealkylation sites (N-methyl/N-ethyl adjacent to an activating group) is 1. The van der Waals surface area contributed by atoms with Crippen LogP contribution in [0.2, 0.25) is 0 Å². The zero-order chi connectivity index (χ0) is 17.9. The Bertz CT molecular complexity index is 842. The van der Waals surface area contributed by atoms with Gasteiger partial charge in [0.15, 0.2) is 0 Å². The summed E-state index contributed by atoms with van der Waals surface area (Å²) in [5.74, 6) is -0.222. The summed E-state index contributed by atoms with van der Waals surface area (Å²) in [5, 5.41) is 0. The average molecular weight is 347 g/mol. The molecule has 6 heteroatoms. The Kier molecular flexibility index (Phi) is 5.41. The van der Waals surface area contributed by atoms with E-state index in [1.54, 1.807) is 24.3 Å². The van der Waals surface area contributed by atoms with Gasteiger partial charge in [-0.15, -0.1) is 0 Å². The molecule has 0 unspecified atom stereocenters. The molecule has 0 aliphatic heterocycles. The number of aryl methyl sites for hydroxylation is 3. The predicted molar refractivity (Wildman–Crippen MR) is 92.5 cm³/mol. The SMILES string of the molecule is Cc1ccc(S(=O)(=O)N(C)CC(=O)Oc2ccc(C)c(C)c2)cc1. The zero-order valence-corrected chi connectivity index (χ0v) is 15.1. The number of carbonyl (C=O) groups excluding carboxylic acids is 1. The van der Waals surface area contributed by atoms with E-state index in [0.717, 1.165) is 21.0 Å². The normalized spacial score (nSPS) is 11.5. The number of carbonyl (C=O) groups is 1. The summed E-state index contributed by atoms with van der Waals surface area (Å²) in [5.41, 5.74) is 3.06. The van der Waals surface area contributed by atoms with E-state index in [0.29, 0.717) is 5.75 Å². The third-order valence-electron chi connectivity index (χ3n) is 3.79. The first-order valence-electron chi connectivity index (χ1n) is 7.51. The lowest BCUT2D eigenvalue weighted by atomic mass is 10.1. The first-order valence-corrected chi connectivity index (χ1v) is 8.95. The van der Waals surface area contributed by atoms with Crippen molar-refractivity contribution in [3.8, 4) is 5.75 Å². The summed E-state index contributed by atoms with van der Waals surface area (Å²) in [7, 11) is -2.37. The molecule has 0 aromatic heterocycles. The van der Waals surface area contributed by atoms with Gasteiger partial charge in [0.2, 0.25) is 10.0 Å². The first kappa shape index (κ1) is 18.2. The quantitative estimate of drug-likeness (QED) is 0.616. The molecule has 2 rings (SSSR count). The van der Waals surface area contributed by atoms with Gasteiger partial charge in [0, 0.05) is 7.05 Å². The molecule has 5 nitrogen and oxygen atoms in total. The van der Waals surface area contributed by atoms with E-state index in [2.05, 4.69) is 0 Å². The van der Waals surface area contributed by atoms with Crippen LogP contribution in [0.3, 0.4) is 0 Å². The molecular weight excluding hydrogens is 326 g/mol. The van der Waals surface area contributed by atoms with E-state index in [-0.39, 0.29) is 11.4 Å². The van der Waals surface area contributed by atoms with Gasteiger partial charge in [0.05, 0.1) is 4.90 Å². The van der Waals surface area contributed by atoms with Crippen LogP contribution in [0.4, 0.5) is 0 Å². The lowest BCUT2D eigenvalue weighted by molar-refractivity contribution is -0.134. The van der Waals surface area contributed by atoms with Crippen LogP contribution in [-0.4, -0.2) is 32.3 Å². The third-order valence-corrected chi connectivity index (χ3v) is 5.61. The topological polar surface area (TPSA) is 63.7 Å². The molecule has 2 aromatic rings. The third kappa shape index (κ3) is 4.21. The number of ether oxygens (including phenoxy) is 1. The van der Waals surface area contributed by atoms with E-state index >= 15 is 0 Å². The van der Waals surface area contributed by atoms with Gasteiger partial charge in [0.25, 0.3) is 0 Å². The highest BCUT2D eigenvalue weighted by Gasteiger charge is 2.23. The van der Waals surface area contributed by atoms with E-state index in [1.165, 1.54) is 19.2 Å². The second-order valence-corrected chi connectivity index (χ2v) is 7.84. The monoisotopic (exact) mass is 347 g/mol. The molecule has 0 amide bonds. The molecule has 0 atom stereocenters. The molecule has 2 aromatic carbocycles. The minimum atomic E-state index is -3.73. The van der Waals surface area contributed by atoms with Gasteiger partial charge in [0.1, 0.15) is 12.3 Å². The Balaban J connectivity index is 2.07. The maximum atomic E-state index is 12.4. The van der Waals surface area contributed by atoms with E-state index in [4.69, 9.17) is 4.74 Å². The molecule has 0 saturated heterocycles. The van der Waals surface area contributed by atoms with Gasteiger partial charge in [-0.2, -0.15) is 4.31 Å². The van der Waals surface area contributed by atoms with Crippen molar-refractivity contribution in [3.05, 3.63) is 59.2 Å². The largest absolute Gasteiger partial charge is 0.426 e. The Morgan fingerprint density at radius 2 is 1.62 bits per heavy atom. The summed E-state index contributed by atoms with van der Waals surface area (Å²) in [6.45, 7) is 5.40. The van der Waals surface area contributed by atoms with Crippen LogP contribution in [0.15, 0.2) is 47.4 Å². The second kappa shape index (κ2) is 7.15. The van der Waals surface area contributed by atoms with Gasteiger partial charge in [-0.1, -0.05) is 23.8 Å². The van der Waals surface area contributed by atoms with Crippen LogP contribution >= 0.6 is 0 Å². The molecule has 0 saturated carbocycles. The number of nitrogens with zero attached hydrogens (tertiary/aromatic N) is 1. The van der Waals surface area contributed by atoms with Crippen molar-refractivity contribution in [3.63, 3.8) is 0 Å². The highest BCUT2D eigenvalue weighted by Crippen LogP contribution is 2.18. The molecule has 128 valence electrons. The summed E-state index contributed by atoms with van der Waals surface area (Å²) in [6, 6.07) is 11.8. The summed E-state index contributed by atoms with van der Waals surface area (Å²) < 4.78 is 31.1. The molecule has 0 aliphatic rings. The minimum Gasteiger partial charge on any atom is -0.426 e. The number of hydrogen-bond acceptors (Lipinski definition) is 4. The highest BCUT2D eigenvalue weighted by molar-refractivity contribution is 7.89. The van der Waals surface area contributed by atoms with Crippen LogP contribution in [0, 0.1) is 20.8 Å². The molecular formula is C18H21NO4S. The number of hydrogen-bond donors (Lipinski definition) is 0. The number of esters is 1. The average Bonchev–Trinajstić information content (AvgIpc) is 2.51. The highest BCUT2D eigenvalue weighted by atomic mass is 32.2. The van der Waals surface area contributed by atoms with Crippen molar-refractivity contribution in [1.29, 1.82) is 0 Å². The first-order chi connectivity index (χ1) is 11.2. The molecule has 0 radical (unpaired) electrons. The van der Waals surface area contributed by atoms with E-state index < -0.39 is 16.0 Å². The number of benzene rings is 2. The van der Waals surface area contributed by atoms with Crippen LogP contribution in [0.25, 0.3) is 0 Å². The molecule has 0 spiro atoms. The van der Waals surface area contributed by atoms with Crippen molar-refractivity contribution < 1.29 is 17.9 Å². The number of sulfonamides is 1. The zero-order valence-electron chi connectivity index (χ0n) is 14.2. The molecule has 0 aliphatic carbocycles. The number of rotatable bonds is 5. The molecule has 0 N–H and O–H groups in total. The van der Waals surface area contributed by atoms with Crippen LogP contribution in [-0.2, 0) is 14.8 Å². The summed E-state index contributed by atoms with van der Waals surface area (Å²) in [6.07, 6.45) is 0. The molecule has 0 heterocycles. The Hall–Kier alpha value is -2.18. The van der Waals surface area contributed by atoms with Crippen molar-refractivity contribution in [1.82, 2.24) is 4.31 Å². The van der Waals surface area contributed by atoms with E-state index in [1.807, 2.05) is 26.8 Å². The van der Waals surface area contributed by atoms with Gasteiger partial charge in [-0.25, -0.2) is 8.42 Å². The fourth-order valence-corrected chi connectivity index (χ4v) is 3.21. The minimum absolute atomic E-state index is 0.148. The summed E-state index contributed by atoms with van der Waals surface area (Å²) >= 11 is 0. The lowest BCUT2D eigenvalue weighted by Gasteiger charge is -2.16. The van der Waals surface area contributed by atoms with Crippen molar-refractivity contribution in [2.45, 2.75) is 25.7 Å². The standard InChI is InChI=1S/C18H21NO4S/c1-13-5-9-17(10-6-13)24(21,22)19(4)12-18(20)23-16-8-7-14(2)15(3)11-16/h5-11H,12H2,1-4H3. The Labute approximate surface area is 142 Å². The van der Waals surface area contributed by atoms with Crippen molar-refractivity contribution in [2.75, 3.05) is 13.6 Å². The predicted octanol–water partition coefficient (Wildman–Crippen LogP) is 2.84.